The van der Waals surface area contributed by atoms with E-state index >= 15 is 0 Å². The summed E-state index contributed by atoms with van der Waals surface area (Å²) in [5.41, 5.74) is 3.92. The number of nitrogens with one attached hydrogen (secondary N) is 3. The lowest BCUT2D eigenvalue weighted by atomic mass is 9.92. The third kappa shape index (κ3) is 4.40. The van der Waals surface area contributed by atoms with E-state index in [2.05, 4.69) is 15.6 Å². The van der Waals surface area contributed by atoms with Crippen LogP contribution in [0.4, 0.5) is 10.1 Å². The molecule has 0 radical (unpaired) electrons. The van der Waals surface area contributed by atoms with E-state index in [1.807, 2.05) is 32.0 Å². The predicted octanol–water partition coefficient (Wildman–Crippen LogP) is 4.23. The standard InChI is InChI=1S/C22H21FN4O2/c1-12-5-4-6-13(2)19(12)20(14(3)24)21-26-17(22(28)29)11-18(27-21)25-16-9-7-15(23)8-10-16/h4-11,24-25,27H,1-3H3,(H,28,29)/b21-20+,24-14?. The first-order valence-electron chi connectivity index (χ1n) is 8.96. The number of nitrogens with zero attached hydrogens (tertiary/aromatic N) is 1. The van der Waals surface area contributed by atoms with Crippen LogP contribution in [-0.2, 0) is 4.79 Å². The van der Waals surface area contributed by atoms with Gasteiger partial charge in [0.15, 0.2) is 5.71 Å². The van der Waals surface area contributed by atoms with Crippen LogP contribution < -0.4 is 10.6 Å². The molecule has 0 aliphatic carbocycles. The number of rotatable bonds is 5. The molecule has 0 saturated carbocycles. The monoisotopic (exact) mass is 392 g/mol. The lowest BCUT2D eigenvalue weighted by molar-refractivity contribution is -0.129. The van der Waals surface area contributed by atoms with Crippen LogP contribution in [0.3, 0.4) is 0 Å². The van der Waals surface area contributed by atoms with Crippen molar-refractivity contribution in [1.82, 2.24) is 5.32 Å². The number of aliphatic imine (C=N–C) groups is 1. The Labute approximate surface area is 168 Å². The van der Waals surface area contributed by atoms with E-state index in [0.717, 1.165) is 16.7 Å². The Kier molecular flexibility index (Phi) is 5.59. The number of anilines is 1. The second kappa shape index (κ2) is 8.10. The van der Waals surface area contributed by atoms with Crippen molar-refractivity contribution in [3.63, 3.8) is 0 Å². The summed E-state index contributed by atoms with van der Waals surface area (Å²) in [6, 6.07) is 11.5. The molecule has 0 atom stereocenters. The molecule has 0 fully saturated rings. The van der Waals surface area contributed by atoms with Crippen molar-refractivity contribution in [2.45, 2.75) is 20.8 Å². The first kappa shape index (κ1) is 20.0. The summed E-state index contributed by atoms with van der Waals surface area (Å²) in [6.07, 6.45) is 1.36. The molecule has 148 valence electrons. The molecule has 0 spiro atoms. The third-order valence-electron chi connectivity index (χ3n) is 4.45. The maximum absolute atomic E-state index is 13.2. The Morgan fingerprint density at radius 2 is 1.76 bits per heavy atom. The van der Waals surface area contributed by atoms with Crippen LogP contribution >= 0.6 is 0 Å². The fourth-order valence-electron chi connectivity index (χ4n) is 3.16. The van der Waals surface area contributed by atoms with Crippen LogP contribution in [0.1, 0.15) is 23.6 Å². The number of benzene rings is 2. The molecule has 0 unspecified atom stereocenters. The number of carboxylic acids is 1. The van der Waals surface area contributed by atoms with Crippen molar-refractivity contribution in [3.05, 3.63) is 82.7 Å². The molecule has 1 aliphatic heterocycles. The van der Waals surface area contributed by atoms with Gasteiger partial charge in [-0.15, -0.1) is 0 Å². The molecule has 2 aromatic rings. The maximum Gasteiger partial charge on any atom is 0.354 e. The quantitative estimate of drug-likeness (QED) is 0.572. The SMILES string of the molecule is CC(=N)/C(=C1/N=C(C(=O)O)C=C(Nc2ccc(F)cc2)N1)c1c(C)cccc1C. The van der Waals surface area contributed by atoms with Crippen LogP contribution in [-0.4, -0.2) is 22.5 Å². The van der Waals surface area contributed by atoms with Gasteiger partial charge in [-0.05, 0) is 61.7 Å². The predicted molar refractivity (Wildman–Crippen MR) is 113 cm³/mol. The van der Waals surface area contributed by atoms with E-state index in [1.165, 1.54) is 18.2 Å². The van der Waals surface area contributed by atoms with Gasteiger partial charge in [-0.25, -0.2) is 14.2 Å². The summed E-state index contributed by atoms with van der Waals surface area (Å²) < 4.78 is 13.2. The molecule has 4 N–H and O–H groups in total. The zero-order valence-electron chi connectivity index (χ0n) is 16.3. The van der Waals surface area contributed by atoms with Crippen LogP contribution in [0.15, 0.2) is 65.2 Å². The van der Waals surface area contributed by atoms with Crippen molar-refractivity contribution in [1.29, 1.82) is 5.41 Å². The Bertz CT molecular complexity index is 1060. The van der Waals surface area contributed by atoms with E-state index in [4.69, 9.17) is 5.41 Å². The zero-order valence-corrected chi connectivity index (χ0v) is 16.3. The number of aryl methyl sites for hydroxylation is 2. The molecule has 7 heteroatoms. The van der Waals surface area contributed by atoms with Gasteiger partial charge in [0, 0.05) is 23.0 Å². The fourth-order valence-corrected chi connectivity index (χ4v) is 3.16. The van der Waals surface area contributed by atoms with Gasteiger partial charge >= 0.3 is 5.97 Å². The normalized spacial score (nSPS) is 15.0. The van der Waals surface area contributed by atoms with Crippen LogP contribution in [0.25, 0.3) is 5.57 Å². The summed E-state index contributed by atoms with van der Waals surface area (Å²) in [4.78, 5) is 15.9. The molecular formula is C22H21FN4O2. The Morgan fingerprint density at radius 1 is 1.14 bits per heavy atom. The van der Waals surface area contributed by atoms with E-state index < -0.39 is 5.97 Å². The van der Waals surface area contributed by atoms with Gasteiger partial charge in [-0.3, -0.25) is 0 Å². The van der Waals surface area contributed by atoms with E-state index in [1.54, 1.807) is 19.1 Å². The number of hydrogen-bond donors (Lipinski definition) is 4. The lowest BCUT2D eigenvalue weighted by Crippen LogP contribution is -2.29. The van der Waals surface area contributed by atoms with Gasteiger partial charge in [-0.2, -0.15) is 0 Å². The molecule has 29 heavy (non-hydrogen) atoms. The third-order valence-corrected chi connectivity index (χ3v) is 4.45. The first-order chi connectivity index (χ1) is 13.8. The van der Waals surface area contributed by atoms with Gasteiger partial charge < -0.3 is 21.1 Å². The highest BCUT2D eigenvalue weighted by Gasteiger charge is 2.22. The highest BCUT2D eigenvalue weighted by molar-refractivity contribution is 6.41. The minimum atomic E-state index is -1.19. The lowest BCUT2D eigenvalue weighted by Gasteiger charge is -2.22. The summed E-state index contributed by atoms with van der Waals surface area (Å²) in [6.45, 7) is 5.51. The summed E-state index contributed by atoms with van der Waals surface area (Å²) in [5.74, 6) is -0.930. The number of halogens is 1. The van der Waals surface area contributed by atoms with Crippen LogP contribution in [0.5, 0.6) is 0 Å². The molecule has 0 bridgehead atoms. The Balaban J connectivity index is 2.11. The average molecular weight is 392 g/mol. The highest BCUT2D eigenvalue weighted by atomic mass is 19.1. The first-order valence-corrected chi connectivity index (χ1v) is 8.96. The molecule has 0 amide bonds. The van der Waals surface area contributed by atoms with Gasteiger partial charge in [0.25, 0.3) is 0 Å². The number of carboxylic acid groups (broad SMARTS) is 1. The van der Waals surface area contributed by atoms with Gasteiger partial charge in [0.2, 0.25) is 0 Å². The largest absolute Gasteiger partial charge is 0.477 e. The number of carbonyl (C=O) groups is 1. The second-order valence-corrected chi connectivity index (χ2v) is 6.73. The van der Waals surface area contributed by atoms with Crippen molar-refractivity contribution in [2.24, 2.45) is 4.99 Å². The molecule has 3 rings (SSSR count). The van der Waals surface area contributed by atoms with Crippen LogP contribution in [0.2, 0.25) is 0 Å². The maximum atomic E-state index is 13.2. The zero-order chi connectivity index (χ0) is 21.1. The molecule has 0 saturated heterocycles. The van der Waals surface area contributed by atoms with Crippen molar-refractivity contribution < 1.29 is 14.3 Å². The number of aliphatic carboxylic acids is 1. The number of allylic oxidation sites excluding steroid dienone is 1. The minimum Gasteiger partial charge on any atom is -0.477 e. The molecule has 1 heterocycles. The van der Waals surface area contributed by atoms with E-state index in [9.17, 15) is 14.3 Å². The van der Waals surface area contributed by atoms with Crippen molar-refractivity contribution >= 4 is 28.7 Å². The van der Waals surface area contributed by atoms with E-state index in [0.29, 0.717) is 17.1 Å². The molecule has 2 aromatic carbocycles. The number of hydrogen-bond acceptors (Lipinski definition) is 5. The smallest absolute Gasteiger partial charge is 0.354 e. The van der Waals surface area contributed by atoms with Gasteiger partial charge in [0.05, 0.1) is 0 Å². The molecule has 1 aliphatic rings. The molecule has 6 nitrogen and oxygen atoms in total. The van der Waals surface area contributed by atoms with Crippen LogP contribution in [0, 0.1) is 25.1 Å². The Hall–Kier alpha value is -3.74. The molecule has 0 aromatic heterocycles. The average Bonchev–Trinajstić information content (AvgIpc) is 2.66. The van der Waals surface area contributed by atoms with Crippen molar-refractivity contribution in [3.8, 4) is 0 Å². The highest BCUT2D eigenvalue weighted by Crippen LogP contribution is 2.28. The summed E-state index contributed by atoms with van der Waals surface area (Å²) in [5, 5.41) is 23.9. The molecular weight excluding hydrogens is 371 g/mol. The second-order valence-electron chi connectivity index (χ2n) is 6.73. The van der Waals surface area contributed by atoms with Gasteiger partial charge in [-0.1, -0.05) is 18.2 Å². The fraction of sp³-hybridized carbons (Fsp3) is 0.136. The van der Waals surface area contributed by atoms with Crippen molar-refractivity contribution in [2.75, 3.05) is 5.32 Å². The minimum absolute atomic E-state index is 0.173. The summed E-state index contributed by atoms with van der Waals surface area (Å²) >= 11 is 0. The topological polar surface area (TPSA) is 97.6 Å². The summed E-state index contributed by atoms with van der Waals surface area (Å²) in [7, 11) is 0. The Morgan fingerprint density at radius 3 is 2.31 bits per heavy atom. The van der Waals surface area contributed by atoms with Gasteiger partial charge in [0.1, 0.15) is 17.5 Å². The van der Waals surface area contributed by atoms with E-state index in [-0.39, 0.29) is 23.1 Å².